The summed E-state index contributed by atoms with van der Waals surface area (Å²) in [7, 11) is 6.39. The topological polar surface area (TPSA) is 9.23 Å². The average Bonchev–Trinajstić information content (AvgIpc) is 1.37. The van der Waals surface area contributed by atoms with Gasteiger partial charge in [-0.05, 0) is 10.7 Å². The summed E-state index contributed by atoms with van der Waals surface area (Å²) in [6.45, 7) is 0. The van der Waals surface area contributed by atoms with Crippen LogP contribution in [0, 0.1) is 0 Å². The van der Waals surface area contributed by atoms with Gasteiger partial charge in [-0.2, -0.15) is 0 Å². The molecule has 0 rings (SSSR count). The lowest BCUT2D eigenvalue weighted by atomic mass is 11.8. The van der Waals surface area contributed by atoms with E-state index >= 15 is 0 Å². The second-order valence-electron chi connectivity index (χ2n) is 0.230. The molecule has 0 aliphatic heterocycles. The molecule has 0 atom stereocenters. The zero-order chi connectivity index (χ0) is 3.41. The van der Waals surface area contributed by atoms with Gasteiger partial charge in [-0.25, -0.2) is 0 Å². The molecular formula is CH3ClOS. The van der Waals surface area contributed by atoms with Gasteiger partial charge in [0.15, 0.2) is 0 Å². The van der Waals surface area contributed by atoms with Crippen molar-refractivity contribution < 1.29 is 4.18 Å². The predicted molar refractivity (Wildman–Crippen MR) is 20.5 cm³/mol. The van der Waals surface area contributed by atoms with E-state index in [1.165, 1.54) is 7.11 Å². The molecule has 0 amide bonds. The standard InChI is InChI=1S/CH3ClOS/c1-3-4-2/h1H3. The van der Waals surface area contributed by atoms with E-state index in [1.54, 1.807) is 0 Å². The fourth-order valence-electron chi connectivity index (χ4n) is 0. The van der Waals surface area contributed by atoms with Crippen LogP contribution in [-0.2, 0) is 4.18 Å². The maximum absolute atomic E-state index is 4.88. The summed E-state index contributed by atoms with van der Waals surface area (Å²) < 4.78 is 4.22. The molecule has 0 unspecified atom stereocenters. The van der Waals surface area contributed by atoms with Gasteiger partial charge in [-0.1, -0.05) is 0 Å². The van der Waals surface area contributed by atoms with Crippen LogP contribution in [0.5, 0.6) is 0 Å². The fourth-order valence-corrected chi connectivity index (χ4v) is 0. The Labute approximate surface area is 34.0 Å². The molecule has 0 bridgehead atoms. The third-order valence-electron chi connectivity index (χ3n) is 0.0630. The molecule has 0 saturated carbocycles. The van der Waals surface area contributed by atoms with Gasteiger partial charge in [-0.15, -0.1) is 0 Å². The van der Waals surface area contributed by atoms with Crippen molar-refractivity contribution >= 4 is 21.9 Å². The van der Waals surface area contributed by atoms with E-state index in [9.17, 15) is 0 Å². The van der Waals surface area contributed by atoms with Crippen molar-refractivity contribution in [3.8, 4) is 0 Å². The highest BCUT2D eigenvalue weighted by molar-refractivity contribution is 8.17. The van der Waals surface area contributed by atoms with E-state index in [4.69, 9.17) is 10.7 Å². The Morgan fingerprint density at radius 3 is 2.25 bits per heavy atom. The minimum atomic E-state index is 0.829. The molecule has 0 radical (unpaired) electrons. The van der Waals surface area contributed by atoms with E-state index in [1.807, 2.05) is 0 Å². The van der Waals surface area contributed by atoms with Gasteiger partial charge in [0.2, 0.25) is 0 Å². The van der Waals surface area contributed by atoms with Crippen LogP contribution in [-0.4, -0.2) is 7.11 Å². The minimum Gasteiger partial charge on any atom is -0.304 e. The van der Waals surface area contributed by atoms with Crippen molar-refractivity contribution in [3.63, 3.8) is 0 Å². The van der Waals surface area contributed by atoms with Gasteiger partial charge < -0.3 is 4.18 Å². The van der Waals surface area contributed by atoms with Crippen LogP contribution in [0.15, 0.2) is 0 Å². The van der Waals surface area contributed by atoms with Gasteiger partial charge in [-0.3, -0.25) is 0 Å². The Bertz CT molecular complexity index is 10.0. The molecule has 0 heterocycles. The number of hydrogen-bond acceptors (Lipinski definition) is 2. The van der Waals surface area contributed by atoms with Crippen molar-refractivity contribution in [1.29, 1.82) is 0 Å². The quantitative estimate of drug-likeness (QED) is 0.459. The highest BCUT2D eigenvalue weighted by atomic mass is 35.7. The molecule has 1 nitrogen and oxygen atoms in total. The largest absolute Gasteiger partial charge is 0.304 e. The van der Waals surface area contributed by atoms with Gasteiger partial charge in [0, 0.05) is 0 Å². The second-order valence-corrected chi connectivity index (χ2v) is 1.07. The Morgan fingerprint density at radius 1 is 2.00 bits per heavy atom. The maximum atomic E-state index is 4.88. The number of rotatable bonds is 1. The van der Waals surface area contributed by atoms with E-state index < -0.39 is 0 Å². The molecule has 4 heavy (non-hydrogen) atoms. The first kappa shape index (κ1) is 4.60. The summed E-state index contributed by atoms with van der Waals surface area (Å²) in [6.07, 6.45) is 0. The smallest absolute Gasteiger partial charge is 0.102 e. The van der Waals surface area contributed by atoms with Crippen LogP contribution in [0.4, 0.5) is 0 Å². The molecule has 0 aromatic carbocycles. The zero-order valence-corrected chi connectivity index (χ0v) is 3.77. The molecule has 0 aliphatic carbocycles. The molecule has 26 valence electrons. The molecule has 0 saturated heterocycles. The van der Waals surface area contributed by atoms with Crippen LogP contribution in [0.1, 0.15) is 0 Å². The molecule has 3 heteroatoms. The van der Waals surface area contributed by atoms with Crippen LogP contribution in [0.3, 0.4) is 0 Å². The second kappa shape index (κ2) is 3.60. The van der Waals surface area contributed by atoms with Gasteiger partial charge in [0.25, 0.3) is 0 Å². The predicted octanol–water partition coefficient (Wildman–Crippen LogP) is 1.43. The molecular weight excluding hydrogens is 95.5 g/mol. The molecule has 0 spiro atoms. The van der Waals surface area contributed by atoms with Crippen LogP contribution in [0.25, 0.3) is 0 Å². The summed E-state index contributed by atoms with van der Waals surface area (Å²) in [5.41, 5.74) is 0. The Morgan fingerprint density at radius 2 is 2.25 bits per heavy atom. The number of hydrogen-bond donors (Lipinski definition) is 0. The normalized spacial score (nSPS) is 7.50. The fraction of sp³-hybridized carbons (Fsp3) is 1.00. The van der Waals surface area contributed by atoms with Crippen LogP contribution >= 0.6 is 21.9 Å². The van der Waals surface area contributed by atoms with Crippen LogP contribution < -0.4 is 0 Å². The van der Waals surface area contributed by atoms with Crippen molar-refractivity contribution in [2.75, 3.05) is 7.11 Å². The zero-order valence-electron chi connectivity index (χ0n) is 2.19. The average molecular weight is 98.6 g/mol. The molecule has 0 aromatic heterocycles. The summed E-state index contributed by atoms with van der Waals surface area (Å²) in [4.78, 5) is 0. The minimum absolute atomic E-state index is 0.829. The van der Waals surface area contributed by atoms with Crippen molar-refractivity contribution in [2.45, 2.75) is 0 Å². The van der Waals surface area contributed by atoms with E-state index in [0.29, 0.717) is 0 Å². The van der Waals surface area contributed by atoms with Gasteiger partial charge >= 0.3 is 0 Å². The summed E-state index contributed by atoms with van der Waals surface area (Å²) in [6, 6.07) is 0. The summed E-state index contributed by atoms with van der Waals surface area (Å²) in [5, 5.41) is 0. The van der Waals surface area contributed by atoms with Crippen LogP contribution in [0.2, 0.25) is 0 Å². The lowest BCUT2D eigenvalue weighted by molar-refractivity contribution is 0.497. The monoisotopic (exact) mass is 98.0 g/mol. The van der Waals surface area contributed by atoms with Crippen molar-refractivity contribution in [1.82, 2.24) is 0 Å². The molecule has 0 N–H and O–H groups in total. The first-order valence-corrected chi connectivity index (χ1v) is 2.30. The lowest BCUT2D eigenvalue weighted by Crippen LogP contribution is -1.47. The molecule has 0 fully saturated rings. The van der Waals surface area contributed by atoms with E-state index in [0.717, 1.165) is 11.3 Å². The first-order valence-electron chi connectivity index (χ1n) is 0.729. The van der Waals surface area contributed by atoms with Gasteiger partial charge in [0.05, 0.1) is 7.11 Å². The molecule has 0 aliphatic rings. The highest BCUT2D eigenvalue weighted by Crippen LogP contribution is 2.02. The summed E-state index contributed by atoms with van der Waals surface area (Å²) >= 11 is 0.829. The summed E-state index contributed by atoms with van der Waals surface area (Å²) in [5.74, 6) is 0. The third kappa shape index (κ3) is 2.60. The number of halogens is 1. The van der Waals surface area contributed by atoms with E-state index in [-0.39, 0.29) is 0 Å². The Kier molecular flexibility index (Phi) is 4.14. The third-order valence-corrected chi connectivity index (χ3v) is 0.567. The Balaban J connectivity index is 1.97. The highest BCUT2D eigenvalue weighted by Gasteiger charge is 1.57. The van der Waals surface area contributed by atoms with Gasteiger partial charge in [0.1, 0.15) is 11.3 Å². The lowest BCUT2D eigenvalue weighted by Gasteiger charge is -1.70. The van der Waals surface area contributed by atoms with E-state index in [2.05, 4.69) is 4.18 Å². The first-order chi connectivity index (χ1) is 1.91. The van der Waals surface area contributed by atoms with Crippen molar-refractivity contribution in [3.05, 3.63) is 0 Å². The van der Waals surface area contributed by atoms with Crippen molar-refractivity contribution in [2.24, 2.45) is 0 Å². The Hall–Kier alpha value is 0.600. The SMILES string of the molecule is COSCl. The maximum Gasteiger partial charge on any atom is 0.102 e. The molecule has 0 aromatic rings.